The first-order valence-electron chi connectivity index (χ1n) is 11.3. The first kappa shape index (κ1) is 24.3. The Hall–Kier alpha value is -3.83. The van der Waals surface area contributed by atoms with Crippen molar-refractivity contribution >= 4 is 24.1 Å². The van der Waals surface area contributed by atoms with Gasteiger partial charge in [0.05, 0.1) is 19.2 Å². The van der Waals surface area contributed by atoms with Crippen LogP contribution in [0.5, 0.6) is 17.2 Å². The molecule has 1 aromatic carbocycles. The number of amides is 2. The van der Waals surface area contributed by atoms with Crippen LogP contribution in [0.15, 0.2) is 18.2 Å². The molecule has 1 saturated heterocycles. The number of anilines is 1. The fraction of sp³-hybridized carbons (Fsp3) is 0.478. The van der Waals surface area contributed by atoms with E-state index in [4.69, 9.17) is 14.2 Å². The van der Waals surface area contributed by atoms with Gasteiger partial charge in [0.2, 0.25) is 0 Å². The number of hydrogen-bond acceptors (Lipinski definition) is 8. The Morgan fingerprint density at radius 3 is 2.86 bits per heavy atom. The van der Waals surface area contributed by atoms with Crippen LogP contribution in [0.2, 0.25) is 0 Å². The molecule has 2 aromatic rings. The predicted molar refractivity (Wildman–Crippen MR) is 121 cm³/mol. The van der Waals surface area contributed by atoms with Gasteiger partial charge in [-0.2, -0.15) is 5.10 Å². The summed E-state index contributed by atoms with van der Waals surface area (Å²) in [6.45, 7) is 0.0317. The largest absolute Gasteiger partial charge is 0.507 e. The molecule has 2 aliphatic rings. The lowest BCUT2D eigenvalue weighted by Gasteiger charge is -2.19. The molecule has 1 saturated carbocycles. The van der Waals surface area contributed by atoms with Gasteiger partial charge in [-0.3, -0.25) is 14.7 Å². The number of aromatic amines is 1. The Bertz CT molecular complexity index is 1090. The Morgan fingerprint density at radius 2 is 2.14 bits per heavy atom. The molecule has 4 rings (SSSR count). The van der Waals surface area contributed by atoms with Crippen LogP contribution in [0.3, 0.4) is 0 Å². The van der Waals surface area contributed by atoms with Gasteiger partial charge in [0.1, 0.15) is 29.5 Å². The third-order valence-corrected chi connectivity index (χ3v) is 6.15. The number of ether oxygens (including phenoxy) is 3. The normalized spacial score (nSPS) is 21.5. The average molecular weight is 490 g/mol. The number of aldehydes is 1. The van der Waals surface area contributed by atoms with E-state index in [0.29, 0.717) is 37.9 Å². The third kappa shape index (κ3) is 5.81. The Balaban J connectivity index is 1.27. The standard InChI is InChI=1S/C23H27FN4O7/c1-33-16-7-19(30)17(11-29)20(8-16)34-12-22(31)25-21-9-18(26-27-21)13-2-3-15(6-13)35-23(32)28-5-4-14(24)10-28/h7-9,11,13-15,30H,2-6,10,12H2,1H3,(H2,25,26,27,31)/t13-,14-,15+/m0/s1. The number of phenolic OH excluding ortho intramolecular Hbond substituents is 1. The van der Waals surface area contributed by atoms with E-state index < -0.39 is 24.8 Å². The summed E-state index contributed by atoms with van der Waals surface area (Å²) in [5.74, 6) is -0.185. The molecule has 35 heavy (non-hydrogen) atoms. The molecule has 1 aliphatic carbocycles. The number of benzene rings is 1. The molecule has 1 aliphatic heterocycles. The molecular formula is C23H27FN4O7. The highest BCUT2D eigenvalue weighted by Gasteiger charge is 2.33. The van der Waals surface area contributed by atoms with Gasteiger partial charge in [0, 0.05) is 36.4 Å². The van der Waals surface area contributed by atoms with Gasteiger partial charge in [-0.1, -0.05) is 0 Å². The Kier molecular flexibility index (Phi) is 7.37. The van der Waals surface area contributed by atoms with Gasteiger partial charge < -0.3 is 29.5 Å². The number of carbonyl (C=O) groups excluding carboxylic acids is 3. The van der Waals surface area contributed by atoms with Crippen molar-refractivity contribution in [1.29, 1.82) is 0 Å². The van der Waals surface area contributed by atoms with Crippen LogP contribution < -0.4 is 14.8 Å². The molecule has 2 fully saturated rings. The smallest absolute Gasteiger partial charge is 0.410 e. The summed E-state index contributed by atoms with van der Waals surface area (Å²) in [4.78, 5) is 37.1. The SMILES string of the molecule is COc1cc(O)c(C=O)c(OCC(=O)Nc2cc([C@H]3CC[C@@H](OC(=O)N4CC[C@H](F)C4)C3)[nH]n2)c1. The number of methoxy groups -OCH3 is 1. The lowest BCUT2D eigenvalue weighted by Crippen LogP contribution is -2.32. The minimum Gasteiger partial charge on any atom is -0.507 e. The maximum atomic E-state index is 13.3. The molecule has 2 amide bonds. The van der Waals surface area contributed by atoms with Crippen molar-refractivity contribution in [3.8, 4) is 17.2 Å². The van der Waals surface area contributed by atoms with Crippen molar-refractivity contribution in [2.75, 3.05) is 32.1 Å². The van der Waals surface area contributed by atoms with Crippen molar-refractivity contribution in [2.45, 2.75) is 43.9 Å². The number of halogens is 1. The van der Waals surface area contributed by atoms with Crippen LogP contribution in [0, 0.1) is 0 Å². The van der Waals surface area contributed by atoms with Crippen molar-refractivity contribution < 1.29 is 38.1 Å². The molecule has 12 heteroatoms. The van der Waals surface area contributed by atoms with E-state index in [9.17, 15) is 23.9 Å². The Labute approximate surface area is 200 Å². The molecule has 0 radical (unpaired) electrons. The van der Waals surface area contributed by atoms with Gasteiger partial charge in [0.15, 0.2) is 18.7 Å². The molecule has 0 unspecified atom stereocenters. The van der Waals surface area contributed by atoms with E-state index in [-0.39, 0.29) is 41.4 Å². The number of hydrogen-bond donors (Lipinski definition) is 3. The van der Waals surface area contributed by atoms with Crippen molar-refractivity contribution in [3.05, 3.63) is 29.5 Å². The number of nitrogens with one attached hydrogen (secondary N) is 2. The fourth-order valence-corrected chi connectivity index (χ4v) is 4.31. The Morgan fingerprint density at radius 1 is 1.31 bits per heavy atom. The topological polar surface area (TPSA) is 143 Å². The number of rotatable bonds is 8. The predicted octanol–water partition coefficient (Wildman–Crippen LogP) is 2.77. The van der Waals surface area contributed by atoms with E-state index in [1.165, 1.54) is 24.1 Å². The molecule has 0 spiro atoms. The monoisotopic (exact) mass is 490 g/mol. The zero-order chi connectivity index (χ0) is 24.9. The second-order valence-corrected chi connectivity index (χ2v) is 8.57. The van der Waals surface area contributed by atoms with Gasteiger partial charge in [0.25, 0.3) is 5.91 Å². The highest BCUT2D eigenvalue weighted by Crippen LogP contribution is 2.36. The molecular weight excluding hydrogens is 463 g/mol. The molecule has 2 heterocycles. The number of phenols is 1. The van der Waals surface area contributed by atoms with Crippen molar-refractivity contribution in [2.24, 2.45) is 0 Å². The average Bonchev–Trinajstić information content (AvgIpc) is 3.58. The minimum atomic E-state index is -0.988. The number of aromatic hydroxyl groups is 1. The van der Waals surface area contributed by atoms with Crippen LogP contribution in [0.4, 0.5) is 15.0 Å². The summed E-state index contributed by atoms with van der Waals surface area (Å²) >= 11 is 0. The molecule has 3 atom stereocenters. The highest BCUT2D eigenvalue weighted by atomic mass is 19.1. The summed E-state index contributed by atoms with van der Waals surface area (Å²) in [6, 6.07) is 4.36. The fourth-order valence-electron chi connectivity index (χ4n) is 4.31. The zero-order valence-corrected chi connectivity index (χ0v) is 19.2. The highest BCUT2D eigenvalue weighted by molar-refractivity contribution is 5.91. The minimum absolute atomic E-state index is 0.0113. The first-order valence-corrected chi connectivity index (χ1v) is 11.3. The first-order chi connectivity index (χ1) is 16.9. The van der Waals surface area contributed by atoms with Crippen LogP contribution in [-0.2, 0) is 9.53 Å². The van der Waals surface area contributed by atoms with Gasteiger partial charge in [-0.25, -0.2) is 9.18 Å². The molecule has 0 bridgehead atoms. The second-order valence-electron chi connectivity index (χ2n) is 8.57. The summed E-state index contributed by atoms with van der Waals surface area (Å²) in [7, 11) is 1.39. The maximum Gasteiger partial charge on any atom is 0.410 e. The number of alkyl halides is 1. The van der Waals surface area contributed by atoms with E-state index in [1.54, 1.807) is 6.07 Å². The molecule has 188 valence electrons. The second kappa shape index (κ2) is 10.6. The van der Waals surface area contributed by atoms with Crippen LogP contribution in [-0.4, -0.2) is 77.6 Å². The lowest BCUT2D eigenvalue weighted by molar-refractivity contribution is -0.118. The maximum absolute atomic E-state index is 13.3. The number of carbonyl (C=O) groups is 3. The number of nitrogens with zero attached hydrogens (tertiary/aromatic N) is 2. The number of H-pyrrole nitrogens is 1. The van der Waals surface area contributed by atoms with Gasteiger partial charge in [-0.15, -0.1) is 0 Å². The zero-order valence-electron chi connectivity index (χ0n) is 19.2. The van der Waals surface area contributed by atoms with E-state index >= 15 is 0 Å². The number of aromatic nitrogens is 2. The summed E-state index contributed by atoms with van der Waals surface area (Å²) < 4.78 is 29.3. The molecule has 11 nitrogen and oxygen atoms in total. The van der Waals surface area contributed by atoms with Gasteiger partial charge >= 0.3 is 6.09 Å². The van der Waals surface area contributed by atoms with E-state index in [0.717, 1.165) is 12.1 Å². The van der Waals surface area contributed by atoms with Crippen molar-refractivity contribution in [1.82, 2.24) is 15.1 Å². The quantitative estimate of drug-likeness (QED) is 0.480. The molecule has 1 aromatic heterocycles. The van der Waals surface area contributed by atoms with Crippen LogP contribution in [0.25, 0.3) is 0 Å². The summed E-state index contributed by atoms with van der Waals surface area (Å²) in [5, 5.41) is 19.5. The summed E-state index contributed by atoms with van der Waals surface area (Å²) in [5.41, 5.74) is 0.706. The van der Waals surface area contributed by atoms with Gasteiger partial charge in [-0.05, 0) is 25.7 Å². The van der Waals surface area contributed by atoms with E-state index in [1.807, 2.05) is 0 Å². The number of likely N-dealkylation sites (tertiary alicyclic amines) is 1. The van der Waals surface area contributed by atoms with E-state index in [2.05, 4.69) is 15.5 Å². The molecule has 3 N–H and O–H groups in total. The van der Waals surface area contributed by atoms with Crippen LogP contribution in [0.1, 0.15) is 47.7 Å². The third-order valence-electron chi connectivity index (χ3n) is 6.15. The van der Waals surface area contributed by atoms with Crippen molar-refractivity contribution in [3.63, 3.8) is 0 Å². The lowest BCUT2D eigenvalue weighted by atomic mass is 10.0. The van der Waals surface area contributed by atoms with Crippen LogP contribution >= 0.6 is 0 Å². The summed E-state index contributed by atoms with van der Waals surface area (Å²) in [6.07, 6.45) is 1.11.